The first-order valence-corrected chi connectivity index (χ1v) is 28.9. The molecule has 0 spiro atoms. The molecule has 12 aromatic rings. The number of nitriles is 3. The summed E-state index contributed by atoms with van der Waals surface area (Å²) in [5.74, 6) is 0.348. The second-order valence-electron chi connectivity index (χ2n) is 21.2. The molecule has 0 N–H and O–H groups in total. The van der Waals surface area contributed by atoms with Gasteiger partial charge in [0.2, 0.25) is 5.88 Å². The number of hydrogen-bond acceptors (Lipinski definition) is 6. The second kappa shape index (κ2) is 27.4. The number of rotatable bonds is 13. The maximum atomic E-state index is 13.2. The van der Waals surface area contributed by atoms with Gasteiger partial charge in [0.05, 0.1) is 53.1 Å². The van der Waals surface area contributed by atoms with Crippen LogP contribution in [0, 0.1) is 67.5 Å². The van der Waals surface area contributed by atoms with E-state index in [0.29, 0.717) is 52.3 Å². The number of nitrogens with zero attached hydrogens (tertiary/aromatic N) is 8. The Hall–Kier alpha value is -10.5. The van der Waals surface area contributed by atoms with E-state index in [1.54, 1.807) is 25.4 Å². The molecule has 12 heteroatoms. The highest BCUT2D eigenvalue weighted by molar-refractivity contribution is 6.31. The number of methoxy groups -OCH3 is 1. The maximum Gasteiger partial charge on any atom is 0.212 e. The van der Waals surface area contributed by atoms with Crippen molar-refractivity contribution in [2.45, 2.75) is 47.3 Å². The Balaban J connectivity index is 0.000000145. The Morgan fingerprint density at radius 2 is 0.851 bits per heavy atom. The molecule has 87 heavy (non-hydrogen) atoms. The monoisotopic (exact) mass is 1180 g/mol. The number of aromatic nitrogens is 5. The summed E-state index contributed by atoms with van der Waals surface area (Å²) in [5.41, 5.74) is 18.4. The predicted molar refractivity (Wildman–Crippen MR) is 353 cm³/mol. The SMILES string of the molecule is COc1ccc(Cn2cc(/C=C(\C#N)c3ccc(C)cc3)c3ccc(Cl)cc32)cn1.Cc1ccc(/C(C#N)=C/c2cn(Cc3ccc(C)nc3)c3cc(Cl)ccc23)cc1.Cc1ccc(/C(C#N)=C/c2cn(Cc3ccc(F)cc3)c3ccccc23)cc1. The molecule has 0 saturated heterocycles. The minimum atomic E-state index is -0.235. The Labute approximate surface area is 516 Å². The van der Waals surface area contributed by atoms with Gasteiger partial charge >= 0.3 is 0 Å². The normalized spacial score (nSPS) is 11.5. The molecule has 0 saturated carbocycles. The summed E-state index contributed by atoms with van der Waals surface area (Å²) >= 11 is 12.6. The minimum absolute atomic E-state index is 0.235. The molecular formula is C75H59Cl2FN8O. The highest BCUT2D eigenvalue weighted by atomic mass is 35.5. The van der Waals surface area contributed by atoms with Crippen LogP contribution in [0.4, 0.5) is 4.39 Å². The third kappa shape index (κ3) is 14.7. The standard InChI is InChI=1S/C25H20ClN3O.C25H20ClN3.C25H19FN2/c1-17-3-6-19(7-4-17)20(13-27)11-21-16-29(24-12-22(26)8-9-23(21)24)15-18-5-10-25(30-2)28-14-18;1-17-3-7-20(8-4-17)21(13-27)11-22-16-29(15-19-6-5-18(2)28-14-19)25-12-23(26)9-10-24(22)25;1-18-6-10-20(11-7-18)21(15-27)14-22-17-28(25-5-3-2-4-24(22)25)16-19-8-12-23(26)13-9-19/h3-12,14,16H,15H2,1-2H3;3-12,14,16H,15H2,1-2H3;2-14,17H,16H2,1H3/b20-11+;21-11+;21-14+. The topological polar surface area (TPSA) is 121 Å². The molecule has 0 unspecified atom stereocenters. The Morgan fingerprint density at radius 3 is 1.25 bits per heavy atom. The summed E-state index contributed by atoms with van der Waals surface area (Å²) in [4.78, 5) is 8.68. The first kappa shape index (κ1) is 59.6. The highest BCUT2D eigenvalue weighted by Gasteiger charge is 2.14. The Morgan fingerprint density at radius 1 is 0.460 bits per heavy atom. The summed E-state index contributed by atoms with van der Waals surface area (Å²) in [6.07, 6.45) is 15.7. The second-order valence-corrected chi connectivity index (χ2v) is 22.1. The number of allylic oxidation sites excluding steroid dienone is 3. The molecule has 0 aliphatic carbocycles. The zero-order valence-electron chi connectivity index (χ0n) is 48.7. The van der Waals surface area contributed by atoms with Crippen LogP contribution in [0.1, 0.15) is 72.5 Å². The fourth-order valence-corrected chi connectivity index (χ4v) is 10.5. The van der Waals surface area contributed by atoms with Crippen LogP contribution in [0.25, 0.3) is 67.7 Å². The largest absolute Gasteiger partial charge is 0.481 e. The zero-order chi connectivity index (χ0) is 61.0. The van der Waals surface area contributed by atoms with Gasteiger partial charge in [-0.05, 0) is 128 Å². The van der Waals surface area contributed by atoms with Gasteiger partial charge < -0.3 is 18.4 Å². The number of hydrogen-bond donors (Lipinski definition) is 0. The van der Waals surface area contributed by atoms with Gasteiger partial charge in [0.25, 0.3) is 0 Å². The van der Waals surface area contributed by atoms with Crippen LogP contribution in [0.2, 0.25) is 10.0 Å². The smallest absolute Gasteiger partial charge is 0.212 e. The number of halogens is 3. The van der Waals surface area contributed by atoms with Crippen molar-refractivity contribution < 1.29 is 9.13 Å². The van der Waals surface area contributed by atoms with Crippen molar-refractivity contribution >= 4 is 90.9 Å². The predicted octanol–water partition coefficient (Wildman–Crippen LogP) is 18.7. The van der Waals surface area contributed by atoms with E-state index in [-0.39, 0.29) is 5.82 Å². The van der Waals surface area contributed by atoms with Crippen molar-refractivity contribution in [3.05, 3.63) is 301 Å². The lowest BCUT2D eigenvalue weighted by Gasteiger charge is -2.06. The van der Waals surface area contributed by atoms with Gasteiger partial charge in [-0.1, -0.05) is 167 Å². The Kier molecular flexibility index (Phi) is 18.8. The number of pyridine rings is 2. The first-order chi connectivity index (χ1) is 42.2. The van der Waals surface area contributed by atoms with Crippen LogP contribution in [0.5, 0.6) is 5.88 Å². The van der Waals surface area contributed by atoms with E-state index in [1.165, 1.54) is 17.7 Å². The van der Waals surface area contributed by atoms with Crippen LogP contribution < -0.4 is 4.74 Å². The number of para-hydroxylation sites is 1. The van der Waals surface area contributed by atoms with Crippen molar-refractivity contribution in [2.75, 3.05) is 7.11 Å². The lowest BCUT2D eigenvalue weighted by Crippen LogP contribution is -1.99. The van der Waals surface area contributed by atoms with Crippen molar-refractivity contribution in [1.82, 2.24) is 23.7 Å². The van der Waals surface area contributed by atoms with Crippen LogP contribution >= 0.6 is 23.2 Å². The fourth-order valence-electron chi connectivity index (χ4n) is 10.2. The molecule has 0 amide bonds. The number of benzene rings is 7. The van der Waals surface area contributed by atoms with Crippen LogP contribution in [-0.2, 0) is 19.6 Å². The van der Waals surface area contributed by atoms with Crippen molar-refractivity contribution in [2.24, 2.45) is 0 Å². The third-order valence-corrected chi connectivity index (χ3v) is 15.3. The van der Waals surface area contributed by atoms with Gasteiger partial charge in [-0.25, -0.2) is 9.37 Å². The van der Waals surface area contributed by atoms with Crippen LogP contribution in [-0.4, -0.2) is 30.8 Å². The molecule has 7 aromatic carbocycles. The summed E-state index contributed by atoms with van der Waals surface area (Å²) in [6, 6.07) is 65.3. The quantitative estimate of drug-likeness (QED) is 0.106. The molecular weight excluding hydrogens is 1120 g/mol. The van der Waals surface area contributed by atoms with Crippen molar-refractivity contribution in [3.63, 3.8) is 0 Å². The first-order valence-electron chi connectivity index (χ1n) is 28.1. The lowest BCUT2D eigenvalue weighted by molar-refractivity contribution is 0.397. The molecule has 0 bridgehead atoms. The minimum Gasteiger partial charge on any atom is -0.481 e. The molecule has 0 aliphatic heterocycles. The summed E-state index contributed by atoms with van der Waals surface area (Å²) in [5, 5.41) is 33.7. The van der Waals surface area contributed by atoms with E-state index >= 15 is 0 Å². The van der Waals surface area contributed by atoms with E-state index in [9.17, 15) is 20.2 Å². The molecule has 5 heterocycles. The van der Waals surface area contributed by atoms with E-state index in [2.05, 4.69) is 78.7 Å². The third-order valence-electron chi connectivity index (χ3n) is 14.9. The van der Waals surface area contributed by atoms with E-state index in [0.717, 1.165) is 99.6 Å². The average molecular weight is 1180 g/mol. The maximum absolute atomic E-state index is 13.2. The van der Waals surface area contributed by atoms with Gasteiger partial charge in [-0.2, -0.15) is 15.8 Å². The molecule has 12 rings (SSSR count). The highest BCUT2D eigenvalue weighted by Crippen LogP contribution is 2.32. The molecule has 9 nitrogen and oxygen atoms in total. The van der Waals surface area contributed by atoms with Crippen LogP contribution in [0.3, 0.4) is 0 Å². The van der Waals surface area contributed by atoms with Gasteiger partial charge in [0, 0.05) is 111 Å². The molecule has 5 aromatic heterocycles. The van der Waals surface area contributed by atoms with Gasteiger partial charge in [-0.15, -0.1) is 0 Å². The molecule has 0 fully saturated rings. The van der Waals surface area contributed by atoms with Gasteiger partial charge in [-0.3, -0.25) is 4.98 Å². The van der Waals surface area contributed by atoms with E-state index in [4.69, 9.17) is 27.9 Å². The van der Waals surface area contributed by atoms with Crippen LogP contribution in [0.15, 0.2) is 213 Å². The summed E-state index contributed by atoms with van der Waals surface area (Å²) in [7, 11) is 1.60. The molecule has 426 valence electrons. The average Bonchev–Trinajstić information content (AvgIpc) is 3.48. The summed E-state index contributed by atoms with van der Waals surface area (Å²) in [6.45, 7) is 10.0. The Bertz CT molecular complexity index is 4650. The lowest BCUT2D eigenvalue weighted by atomic mass is 10.0. The number of fused-ring (bicyclic) bond motifs is 3. The zero-order valence-corrected chi connectivity index (χ0v) is 50.2. The molecule has 0 aliphatic rings. The number of aryl methyl sites for hydroxylation is 4. The summed E-state index contributed by atoms with van der Waals surface area (Å²) < 4.78 is 24.8. The molecule has 0 atom stereocenters. The fraction of sp³-hybridized carbons (Fsp3) is 0.107. The van der Waals surface area contributed by atoms with Crippen molar-refractivity contribution in [3.8, 4) is 24.1 Å². The van der Waals surface area contributed by atoms with Crippen molar-refractivity contribution in [1.29, 1.82) is 15.8 Å². The van der Waals surface area contributed by atoms with E-state index < -0.39 is 0 Å². The number of ether oxygens (including phenoxy) is 1. The molecule has 0 radical (unpaired) electrons. The van der Waals surface area contributed by atoms with Gasteiger partial charge in [0.1, 0.15) is 5.82 Å². The van der Waals surface area contributed by atoms with E-state index in [1.807, 2.05) is 192 Å². The van der Waals surface area contributed by atoms with Gasteiger partial charge in [0.15, 0.2) is 0 Å².